The summed E-state index contributed by atoms with van der Waals surface area (Å²) in [5, 5.41) is 8.40. The number of hydrogen-bond acceptors (Lipinski definition) is 7. The van der Waals surface area contributed by atoms with Crippen molar-refractivity contribution >= 4 is 17.3 Å². The molecule has 1 unspecified atom stereocenters. The van der Waals surface area contributed by atoms with E-state index in [1.807, 2.05) is 12.3 Å². The van der Waals surface area contributed by atoms with Gasteiger partial charge in [-0.2, -0.15) is 5.10 Å². The van der Waals surface area contributed by atoms with E-state index >= 15 is 0 Å². The number of nitrogens with two attached hydrogens (primary N) is 3. The second kappa shape index (κ2) is 9.00. The molecule has 0 spiro atoms. The fourth-order valence-corrected chi connectivity index (χ4v) is 4.62. The highest BCUT2D eigenvalue weighted by molar-refractivity contribution is 5.70. The fourth-order valence-electron chi connectivity index (χ4n) is 4.62. The maximum atomic E-state index is 6.41. The molecule has 8 nitrogen and oxygen atoms in total. The first-order chi connectivity index (χ1) is 14.2. The van der Waals surface area contributed by atoms with Gasteiger partial charge in [-0.15, -0.1) is 0 Å². The van der Waals surface area contributed by atoms with E-state index in [2.05, 4.69) is 31.7 Å². The van der Waals surface area contributed by atoms with E-state index in [-0.39, 0.29) is 5.92 Å². The lowest BCUT2D eigenvalue weighted by atomic mass is 9.88. The zero-order valence-corrected chi connectivity index (χ0v) is 17.1. The second-order valence-corrected chi connectivity index (χ2v) is 8.51. The Bertz CT molecular complexity index is 807. The molecule has 1 atom stereocenters. The summed E-state index contributed by atoms with van der Waals surface area (Å²) < 4.78 is 2.11. The topological polar surface area (TPSA) is 133 Å². The number of nitrogens with one attached hydrogen (secondary N) is 2. The van der Waals surface area contributed by atoms with Crippen molar-refractivity contribution in [2.24, 2.45) is 5.84 Å². The van der Waals surface area contributed by atoms with Crippen LogP contribution in [0.5, 0.6) is 0 Å². The van der Waals surface area contributed by atoms with Gasteiger partial charge in [0.1, 0.15) is 5.82 Å². The third-order valence-corrected chi connectivity index (χ3v) is 6.57. The Morgan fingerprint density at radius 3 is 2.59 bits per heavy atom. The van der Waals surface area contributed by atoms with Gasteiger partial charge in [-0.1, -0.05) is 19.3 Å². The van der Waals surface area contributed by atoms with E-state index in [0.717, 1.165) is 18.5 Å². The van der Waals surface area contributed by atoms with Crippen LogP contribution in [0, 0.1) is 0 Å². The van der Waals surface area contributed by atoms with Crippen LogP contribution in [-0.4, -0.2) is 27.4 Å². The number of pyridine rings is 1. The Morgan fingerprint density at radius 1 is 1.10 bits per heavy atom. The van der Waals surface area contributed by atoms with Gasteiger partial charge in [0.05, 0.1) is 17.9 Å². The lowest BCUT2D eigenvalue weighted by molar-refractivity contribution is 0.289. The van der Waals surface area contributed by atoms with Gasteiger partial charge in [0, 0.05) is 18.2 Å². The normalized spacial score (nSPS) is 19.1. The summed E-state index contributed by atoms with van der Waals surface area (Å²) in [6, 6.07) is 3.04. The van der Waals surface area contributed by atoms with Crippen LogP contribution in [0.25, 0.3) is 0 Å². The highest BCUT2D eigenvalue weighted by Gasteiger charge is 2.25. The number of rotatable bonds is 8. The molecule has 2 aromatic heterocycles. The molecule has 2 heterocycles. The minimum Gasteiger partial charge on any atom is -0.395 e. The molecule has 8 heteroatoms. The van der Waals surface area contributed by atoms with Crippen molar-refractivity contribution in [3.63, 3.8) is 0 Å². The highest BCUT2D eigenvalue weighted by Crippen LogP contribution is 2.37. The van der Waals surface area contributed by atoms with E-state index < -0.39 is 0 Å². The largest absolute Gasteiger partial charge is 0.395 e. The van der Waals surface area contributed by atoms with Crippen molar-refractivity contribution in [3.05, 3.63) is 29.6 Å². The molecule has 0 radical (unpaired) electrons. The average Bonchev–Trinajstić information content (AvgIpc) is 3.15. The molecular weight excluding hydrogens is 364 g/mol. The van der Waals surface area contributed by atoms with Crippen LogP contribution >= 0.6 is 0 Å². The monoisotopic (exact) mass is 398 g/mol. The molecule has 2 fully saturated rings. The van der Waals surface area contributed by atoms with Gasteiger partial charge in [-0.25, -0.2) is 10.8 Å². The number of anilines is 3. The van der Waals surface area contributed by atoms with Crippen molar-refractivity contribution in [1.29, 1.82) is 0 Å². The summed E-state index contributed by atoms with van der Waals surface area (Å²) in [6.45, 7) is 0.928. The van der Waals surface area contributed by atoms with Crippen LogP contribution in [0.2, 0.25) is 0 Å². The summed E-state index contributed by atoms with van der Waals surface area (Å²) in [5.74, 6) is 6.56. The van der Waals surface area contributed by atoms with Crippen LogP contribution in [0.15, 0.2) is 18.5 Å². The summed E-state index contributed by atoms with van der Waals surface area (Å²) in [6.07, 6.45) is 15.4. The Morgan fingerprint density at radius 2 is 1.90 bits per heavy atom. The summed E-state index contributed by atoms with van der Waals surface area (Å²) in [7, 11) is 0. The van der Waals surface area contributed by atoms with Gasteiger partial charge in [-0.3, -0.25) is 4.68 Å². The molecule has 0 amide bonds. The smallest absolute Gasteiger partial charge is 0.165 e. The molecule has 2 saturated carbocycles. The van der Waals surface area contributed by atoms with Crippen LogP contribution < -0.4 is 28.1 Å². The SMILES string of the molecule is NNc1nc(N)cc(C(CCNC2CCCCC2)c2cnn(C3CCC3)c2)c1N. The Labute approximate surface area is 172 Å². The van der Waals surface area contributed by atoms with Crippen LogP contribution in [0.1, 0.15) is 80.9 Å². The number of nitrogens with zero attached hydrogens (tertiary/aromatic N) is 3. The molecule has 4 rings (SSSR count). The molecule has 2 aliphatic rings. The standard InChI is InChI=1S/C21H34N8/c22-19-11-18(20(23)21(27-19)28-24)17(9-10-25-15-5-2-1-3-6-15)14-12-26-29(13-14)16-7-4-8-16/h11-13,15-17,25H,1-10,23-24H2,(H3,22,27,28). The van der Waals surface area contributed by atoms with Gasteiger partial charge in [0.15, 0.2) is 5.82 Å². The molecular formula is C21H34N8. The Hall–Kier alpha value is -2.32. The number of nitrogen functional groups attached to an aromatic ring is 3. The molecule has 0 aromatic carbocycles. The lowest BCUT2D eigenvalue weighted by Gasteiger charge is -2.26. The maximum Gasteiger partial charge on any atom is 0.165 e. The van der Waals surface area contributed by atoms with Crippen molar-refractivity contribution in [2.45, 2.75) is 75.8 Å². The Balaban J connectivity index is 1.56. The van der Waals surface area contributed by atoms with Crippen LogP contribution in [0.3, 0.4) is 0 Å². The minimum absolute atomic E-state index is 0.0947. The van der Waals surface area contributed by atoms with E-state index in [4.69, 9.17) is 17.3 Å². The predicted molar refractivity (Wildman–Crippen MR) is 117 cm³/mol. The first-order valence-electron chi connectivity index (χ1n) is 11.0. The quantitative estimate of drug-likeness (QED) is 0.341. The van der Waals surface area contributed by atoms with E-state index in [1.165, 1.54) is 56.9 Å². The zero-order valence-electron chi connectivity index (χ0n) is 17.1. The van der Waals surface area contributed by atoms with E-state index in [0.29, 0.717) is 29.4 Å². The maximum absolute atomic E-state index is 6.41. The zero-order chi connectivity index (χ0) is 20.2. The van der Waals surface area contributed by atoms with Gasteiger partial charge in [0.25, 0.3) is 0 Å². The highest BCUT2D eigenvalue weighted by atomic mass is 15.3. The Kier molecular flexibility index (Phi) is 6.20. The number of hydrazine groups is 1. The molecule has 29 heavy (non-hydrogen) atoms. The number of aromatic nitrogens is 3. The summed E-state index contributed by atoms with van der Waals surface area (Å²) in [5.41, 5.74) is 17.7. The van der Waals surface area contributed by atoms with Crippen molar-refractivity contribution in [3.8, 4) is 0 Å². The van der Waals surface area contributed by atoms with Crippen LogP contribution in [-0.2, 0) is 0 Å². The molecule has 0 saturated heterocycles. The number of hydrogen-bond donors (Lipinski definition) is 5. The molecule has 8 N–H and O–H groups in total. The molecule has 158 valence electrons. The molecule has 0 aliphatic heterocycles. The summed E-state index contributed by atoms with van der Waals surface area (Å²) in [4.78, 5) is 4.22. The van der Waals surface area contributed by atoms with E-state index in [9.17, 15) is 0 Å². The lowest BCUT2D eigenvalue weighted by Crippen LogP contribution is -2.32. The average molecular weight is 399 g/mol. The van der Waals surface area contributed by atoms with E-state index in [1.54, 1.807) is 0 Å². The van der Waals surface area contributed by atoms with Gasteiger partial charge in [0.2, 0.25) is 0 Å². The van der Waals surface area contributed by atoms with Gasteiger partial charge < -0.3 is 22.2 Å². The third-order valence-electron chi connectivity index (χ3n) is 6.57. The van der Waals surface area contributed by atoms with Crippen molar-refractivity contribution in [2.75, 3.05) is 23.4 Å². The predicted octanol–water partition coefficient (Wildman–Crippen LogP) is 2.90. The van der Waals surface area contributed by atoms with Gasteiger partial charge >= 0.3 is 0 Å². The molecule has 2 aromatic rings. The minimum atomic E-state index is 0.0947. The van der Waals surface area contributed by atoms with Gasteiger partial charge in [-0.05, 0) is 62.3 Å². The second-order valence-electron chi connectivity index (χ2n) is 8.51. The first kappa shape index (κ1) is 20.0. The first-order valence-corrected chi connectivity index (χ1v) is 11.0. The summed E-state index contributed by atoms with van der Waals surface area (Å²) >= 11 is 0. The van der Waals surface area contributed by atoms with Crippen molar-refractivity contribution < 1.29 is 0 Å². The fraction of sp³-hybridized carbons (Fsp3) is 0.619. The third kappa shape index (κ3) is 4.48. The molecule has 2 aliphatic carbocycles. The van der Waals surface area contributed by atoms with Crippen LogP contribution in [0.4, 0.5) is 17.3 Å². The molecule has 0 bridgehead atoms. The van der Waals surface area contributed by atoms with Crippen molar-refractivity contribution in [1.82, 2.24) is 20.1 Å².